The van der Waals surface area contributed by atoms with Crippen molar-refractivity contribution in [2.24, 2.45) is 0 Å². The van der Waals surface area contributed by atoms with Crippen LogP contribution < -0.4 is 5.32 Å². The van der Waals surface area contributed by atoms with Crippen molar-refractivity contribution < 1.29 is 9.18 Å². The van der Waals surface area contributed by atoms with Crippen LogP contribution >= 0.6 is 15.9 Å². The van der Waals surface area contributed by atoms with Crippen molar-refractivity contribution in [3.63, 3.8) is 0 Å². The van der Waals surface area contributed by atoms with Crippen molar-refractivity contribution >= 4 is 27.5 Å². The standard InChI is InChI=1S/C23H21BrFN5O/c1-15-22(24)16(2)30(28-15)13-17-6-8-19(9-7-17)23(31)27-21-11-26-29(14-21)12-18-4-3-5-20(25)10-18/h3-11,14H,12-13H2,1-2H3,(H,27,31). The molecule has 1 N–H and O–H groups in total. The van der Waals surface area contributed by atoms with Crippen LogP contribution in [0.2, 0.25) is 0 Å². The first-order valence-electron chi connectivity index (χ1n) is 9.76. The van der Waals surface area contributed by atoms with E-state index in [1.54, 1.807) is 35.3 Å². The molecule has 0 atom stereocenters. The van der Waals surface area contributed by atoms with Crippen LogP contribution in [0, 0.1) is 19.7 Å². The van der Waals surface area contributed by atoms with Crippen LogP contribution in [0.3, 0.4) is 0 Å². The average molecular weight is 482 g/mol. The first kappa shape index (κ1) is 21.0. The number of anilines is 1. The Hall–Kier alpha value is -3.26. The van der Waals surface area contributed by atoms with Gasteiger partial charge in [-0.05, 0) is 65.2 Å². The molecule has 0 saturated heterocycles. The molecule has 2 heterocycles. The van der Waals surface area contributed by atoms with E-state index in [2.05, 4.69) is 31.4 Å². The summed E-state index contributed by atoms with van der Waals surface area (Å²) < 4.78 is 17.9. The lowest BCUT2D eigenvalue weighted by Crippen LogP contribution is -2.12. The molecule has 0 aliphatic heterocycles. The Bertz CT molecular complexity index is 1230. The summed E-state index contributed by atoms with van der Waals surface area (Å²) in [5, 5.41) is 11.6. The molecule has 158 valence electrons. The van der Waals surface area contributed by atoms with Gasteiger partial charge in [0.15, 0.2) is 0 Å². The molecule has 4 aromatic rings. The molecule has 1 amide bonds. The van der Waals surface area contributed by atoms with Crippen LogP contribution in [0.15, 0.2) is 65.4 Å². The molecule has 0 saturated carbocycles. The van der Waals surface area contributed by atoms with Crippen molar-refractivity contribution in [2.75, 3.05) is 5.32 Å². The fourth-order valence-electron chi connectivity index (χ4n) is 3.30. The molecule has 0 unspecified atom stereocenters. The molecule has 2 aromatic carbocycles. The highest BCUT2D eigenvalue weighted by atomic mass is 79.9. The third kappa shape index (κ3) is 4.91. The number of benzene rings is 2. The zero-order valence-corrected chi connectivity index (χ0v) is 18.7. The van der Waals surface area contributed by atoms with Gasteiger partial charge in [0.25, 0.3) is 5.91 Å². The maximum Gasteiger partial charge on any atom is 0.255 e. The summed E-state index contributed by atoms with van der Waals surface area (Å²) >= 11 is 3.54. The number of carbonyl (C=O) groups is 1. The lowest BCUT2D eigenvalue weighted by atomic mass is 10.1. The Kier molecular flexibility index (Phi) is 5.99. The van der Waals surface area contributed by atoms with Gasteiger partial charge < -0.3 is 5.32 Å². The summed E-state index contributed by atoms with van der Waals surface area (Å²) in [5.41, 5.74) is 5.00. The number of nitrogens with zero attached hydrogens (tertiary/aromatic N) is 4. The van der Waals surface area contributed by atoms with Gasteiger partial charge in [0.2, 0.25) is 0 Å². The number of halogens is 2. The third-order valence-corrected chi connectivity index (χ3v) is 6.11. The second-order valence-corrected chi connectivity index (χ2v) is 8.14. The number of aryl methyl sites for hydroxylation is 1. The van der Waals surface area contributed by atoms with Gasteiger partial charge in [0, 0.05) is 11.8 Å². The van der Waals surface area contributed by atoms with Gasteiger partial charge >= 0.3 is 0 Å². The Morgan fingerprint density at radius 3 is 2.55 bits per heavy atom. The summed E-state index contributed by atoms with van der Waals surface area (Å²) in [7, 11) is 0. The molecular weight excluding hydrogens is 461 g/mol. The summed E-state index contributed by atoms with van der Waals surface area (Å²) in [6.45, 7) is 5.03. The van der Waals surface area contributed by atoms with E-state index in [0.29, 0.717) is 24.3 Å². The molecule has 31 heavy (non-hydrogen) atoms. The zero-order valence-electron chi connectivity index (χ0n) is 17.1. The molecule has 0 fully saturated rings. The van der Waals surface area contributed by atoms with Crippen LogP contribution in [0.4, 0.5) is 10.1 Å². The van der Waals surface area contributed by atoms with Gasteiger partial charge in [0.05, 0.1) is 40.8 Å². The number of nitrogens with one attached hydrogen (secondary N) is 1. The van der Waals surface area contributed by atoms with Crippen LogP contribution in [0.1, 0.15) is 32.9 Å². The van der Waals surface area contributed by atoms with Crippen molar-refractivity contribution in [1.29, 1.82) is 0 Å². The van der Waals surface area contributed by atoms with Crippen molar-refractivity contribution in [3.05, 3.63) is 99.3 Å². The van der Waals surface area contributed by atoms with Crippen molar-refractivity contribution in [1.82, 2.24) is 19.6 Å². The number of carbonyl (C=O) groups excluding carboxylic acids is 1. The second kappa shape index (κ2) is 8.85. The van der Waals surface area contributed by atoms with Gasteiger partial charge in [-0.25, -0.2) is 4.39 Å². The summed E-state index contributed by atoms with van der Waals surface area (Å²) in [4.78, 5) is 12.6. The van der Waals surface area contributed by atoms with E-state index in [1.807, 2.05) is 36.7 Å². The van der Waals surface area contributed by atoms with Crippen LogP contribution in [-0.2, 0) is 13.1 Å². The van der Waals surface area contributed by atoms with E-state index in [9.17, 15) is 9.18 Å². The Balaban J connectivity index is 1.38. The number of hydrogen-bond donors (Lipinski definition) is 1. The van der Waals surface area contributed by atoms with E-state index in [1.165, 1.54) is 12.1 Å². The van der Waals surface area contributed by atoms with E-state index < -0.39 is 0 Å². The fourth-order valence-corrected chi connectivity index (χ4v) is 3.59. The highest BCUT2D eigenvalue weighted by molar-refractivity contribution is 9.10. The molecule has 6 nitrogen and oxygen atoms in total. The van der Waals surface area contributed by atoms with Crippen LogP contribution in [-0.4, -0.2) is 25.5 Å². The highest BCUT2D eigenvalue weighted by Crippen LogP contribution is 2.21. The number of amides is 1. The maximum atomic E-state index is 13.3. The van der Waals surface area contributed by atoms with Gasteiger partial charge in [-0.15, -0.1) is 0 Å². The van der Waals surface area contributed by atoms with Gasteiger partial charge in [-0.2, -0.15) is 10.2 Å². The minimum Gasteiger partial charge on any atom is -0.319 e. The first-order chi connectivity index (χ1) is 14.9. The molecular formula is C23H21BrFN5O. The van der Waals surface area contributed by atoms with Crippen molar-refractivity contribution in [3.8, 4) is 0 Å². The first-order valence-corrected chi connectivity index (χ1v) is 10.5. The van der Waals surface area contributed by atoms with Gasteiger partial charge in [0.1, 0.15) is 5.82 Å². The second-order valence-electron chi connectivity index (χ2n) is 7.35. The zero-order chi connectivity index (χ0) is 22.0. The average Bonchev–Trinajstić information content (AvgIpc) is 3.28. The van der Waals surface area contributed by atoms with Gasteiger partial charge in [-0.1, -0.05) is 24.3 Å². The van der Waals surface area contributed by atoms with E-state index in [-0.39, 0.29) is 11.7 Å². The minimum atomic E-state index is -0.285. The highest BCUT2D eigenvalue weighted by Gasteiger charge is 2.11. The normalized spacial score (nSPS) is 11.0. The topological polar surface area (TPSA) is 64.7 Å². The number of aromatic nitrogens is 4. The lowest BCUT2D eigenvalue weighted by molar-refractivity contribution is 0.102. The van der Waals surface area contributed by atoms with Gasteiger partial charge in [-0.3, -0.25) is 14.2 Å². The van der Waals surface area contributed by atoms with Crippen LogP contribution in [0.5, 0.6) is 0 Å². The largest absolute Gasteiger partial charge is 0.319 e. The Morgan fingerprint density at radius 1 is 1.10 bits per heavy atom. The molecule has 0 radical (unpaired) electrons. The summed E-state index contributed by atoms with van der Waals surface area (Å²) in [5.74, 6) is -0.502. The molecule has 0 spiro atoms. The molecule has 0 aliphatic carbocycles. The maximum absolute atomic E-state index is 13.3. The number of rotatable bonds is 6. The minimum absolute atomic E-state index is 0.217. The smallest absolute Gasteiger partial charge is 0.255 e. The van der Waals surface area contributed by atoms with E-state index in [0.717, 1.165) is 27.0 Å². The predicted octanol–water partition coefficient (Wildman–Crippen LogP) is 4.95. The third-order valence-electron chi connectivity index (χ3n) is 4.97. The molecule has 4 rings (SSSR count). The summed E-state index contributed by atoms with van der Waals surface area (Å²) in [6, 6.07) is 13.8. The quantitative estimate of drug-likeness (QED) is 0.423. The molecule has 8 heteroatoms. The summed E-state index contributed by atoms with van der Waals surface area (Å²) in [6.07, 6.45) is 3.30. The monoisotopic (exact) mass is 481 g/mol. The Labute approximate surface area is 187 Å². The van der Waals surface area contributed by atoms with Crippen LogP contribution in [0.25, 0.3) is 0 Å². The molecule has 0 aliphatic rings. The number of hydrogen-bond acceptors (Lipinski definition) is 3. The molecule has 0 bridgehead atoms. The van der Waals surface area contributed by atoms with E-state index in [4.69, 9.17) is 0 Å². The predicted molar refractivity (Wildman–Crippen MR) is 121 cm³/mol. The Morgan fingerprint density at radius 2 is 1.87 bits per heavy atom. The van der Waals surface area contributed by atoms with E-state index >= 15 is 0 Å². The molecule has 2 aromatic heterocycles. The lowest BCUT2D eigenvalue weighted by Gasteiger charge is -2.07. The SMILES string of the molecule is Cc1nn(Cc2ccc(C(=O)Nc3cnn(Cc4cccc(F)c4)c3)cc2)c(C)c1Br. The van der Waals surface area contributed by atoms with Crippen molar-refractivity contribution in [2.45, 2.75) is 26.9 Å². The fraction of sp³-hybridized carbons (Fsp3) is 0.174.